The second kappa shape index (κ2) is 3.93. The van der Waals surface area contributed by atoms with E-state index in [0.29, 0.717) is 10.8 Å². The molecule has 0 radical (unpaired) electrons. The van der Waals surface area contributed by atoms with Crippen LogP contribution in [0.5, 0.6) is 0 Å². The molecule has 3 fully saturated rings. The maximum absolute atomic E-state index is 2.66. The van der Waals surface area contributed by atoms with E-state index in [2.05, 4.69) is 40.7 Å². The molecule has 0 N–H and O–H groups in total. The number of rotatable bonds is 1. The van der Waals surface area contributed by atoms with Crippen LogP contribution >= 0.6 is 0 Å². The van der Waals surface area contributed by atoms with Gasteiger partial charge in [-0.2, -0.15) is 0 Å². The van der Waals surface area contributed by atoms with Gasteiger partial charge in [-0.3, -0.25) is 0 Å². The molecule has 0 aromatic rings. The van der Waals surface area contributed by atoms with Crippen LogP contribution in [-0.2, 0) is 0 Å². The summed E-state index contributed by atoms with van der Waals surface area (Å²) in [5.74, 6) is 5.80. The van der Waals surface area contributed by atoms with Crippen LogP contribution in [0.2, 0.25) is 0 Å². The Morgan fingerprint density at radius 3 is 2.65 bits per heavy atom. The Bertz CT molecular complexity index is 459. The first kappa shape index (κ1) is 13.4. The van der Waals surface area contributed by atoms with Gasteiger partial charge in [-0.05, 0) is 85.4 Å². The Labute approximate surface area is 125 Å². The highest BCUT2D eigenvalue weighted by molar-refractivity contribution is 5.32. The Morgan fingerprint density at radius 2 is 1.95 bits per heavy atom. The van der Waals surface area contributed by atoms with E-state index < -0.39 is 0 Å². The molecule has 4 bridgehead atoms. The van der Waals surface area contributed by atoms with Crippen LogP contribution in [0.15, 0.2) is 11.6 Å². The van der Waals surface area contributed by atoms with E-state index >= 15 is 0 Å². The van der Waals surface area contributed by atoms with Gasteiger partial charge >= 0.3 is 0 Å². The Hall–Kier alpha value is -0.260. The highest BCUT2D eigenvalue weighted by atomic mass is 14.8. The Kier molecular flexibility index (Phi) is 2.63. The zero-order valence-corrected chi connectivity index (χ0v) is 14.1. The summed E-state index contributed by atoms with van der Waals surface area (Å²) in [6, 6.07) is 0. The van der Waals surface area contributed by atoms with E-state index in [1.807, 2.05) is 0 Å². The normalized spacial score (nSPS) is 56.9. The fourth-order valence-electron chi connectivity index (χ4n) is 7.92. The molecule has 0 amide bonds. The van der Waals surface area contributed by atoms with Crippen molar-refractivity contribution in [3.05, 3.63) is 11.6 Å². The molecule has 112 valence electrons. The summed E-state index contributed by atoms with van der Waals surface area (Å²) in [6.07, 6.45) is 10.1. The molecule has 0 aromatic heterocycles. The third kappa shape index (κ3) is 1.26. The molecule has 0 nitrogen and oxygen atoms in total. The molecule has 0 heterocycles. The summed E-state index contributed by atoms with van der Waals surface area (Å²) in [5, 5.41) is 0. The maximum Gasteiger partial charge on any atom is -0.00871 e. The van der Waals surface area contributed by atoms with Crippen LogP contribution in [0.4, 0.5) is 0 Å². The van der Waals surface area contributed by atoms with Crippen molar-refractivity contribution in [1.82, 2.24) is 0 Å². The van der Waals surface area contributed by atoms with E-state index in [4.69, 9.17) is 0 Å². The monoisotopic (exact) mass is 272 g/mol. The van der Waals surface area contributed by atoms with Gasteiger partial charge in [0.15, 0.2) is 0 Å². The van der Waals surface area contributed by atoms with Gasteiger partial charge in [0.05, 0.1) is 0 Å². The minimum atomic E-state index is 0.648. The molecule has 4 aliphatic carbocycles. The molecule has 0 heteroatoms. The molecule has 0 aromatic carbocycles. The van der Waals surface area contributed by atoms with Crippen molar-refractivity contribution in [2.24, 2.45) is 46.3 Å². The number of hydrogen-bond acceptors (Lipinski definition) is 0. The van der Waals surface area contributed by atoms with E-state index in [1.165, 1.54) is 32.1 Å². The van der Waals surface area contributed by atoms with Crippen molar-refractivity contribution in [3.63, 3.8) is 0 Å². The van der Waals surface area contributed by atoms with E-state index in [9.17, 15) is 0 Å². The van der Waals surface area contributed by atoms with E-state index in [1.54, 1.807) is 5.57 Å². The molecule has 4 rings (SSSR count). The largest absolute Gasteiger partial charge is 0.0850 e. The quantitative estimate of drug-likeness (QED) is 0.538. The molecule has 1 spiro atoms. The summed E-state index contributed by atoms with van der Waals surface area (Å²) < 4.78 is 0. The van der Waals surface area contributed by atoms with E-state index in [-0.39, 0.29) is 0 Å². The van der Waals surface area contributed by atoms with E-state index in [0.717, 1.165) is 35.5 Å². The number of allylic oxidation sites excluding steroid dienone is 2. The van der Waals surface area contributed by atoms with Crippen molar-refractivity contribution in [2.45, 2.75) is 66.7 Å². The Morgan fingerprint density at radius 1 is 1.20 bits per heavy atom. The highest BCUT2D eigenvalue weighted by Gasteiger charge is 2.73. The third-order valence-corrected chi connectivity index (χ3v) is 8.51. The van der Waals surface area contributed by atoms with Gasteiger partial charge in [-0.25, -0.2) is 0 Å². The zero-order valence-electron chi connectivity index (χ0n) is 14.1. The molecule has 7 atom stereocenters. The minimum absolute atomic E-state index is 0.648. The summed E-state index contributed by atoms with van der Waals surface area (Å²) in [4.78, 5) is 0. The zero-order chi connectivity index (χ0) is 14.3. The molecular weight excluding hydrogens is 240 g/mol. The van der Waals surface area contributed by atoms with Crippen molar-refractivity contribution in [2.75, 3.05) is 0 Å². The van der Waals surface area contributed by atoms with Crippen LogP contribution in [0, 0.1) is 46.3 Å². The first-order valence-electron chi connectivity index (χ1n) is 9.09. The van der Waals surface area contributed by atoms with Crippen LogP contribution in [0.25, 0.3) is 0 Å². The molecule has 0 aliphatic heterocycles. The molecule has 1 unspecified atom stereocenters. The average Bonchev–Trinajstić information content (AvgIpc) is 2.75. The van der Waals surface area contributed by atoms with Gasteiger partial charge in [0.1, 0.15) is 0 Å². The van der Waals surface area contributed by atoms with Crippen LogP contribution in [-0.4, -0.2) is 0 Å². The number of fused-ring (bicyclic) bond motifs is 1. The third-order valence-electron chi connectivity index (χ3n) is 8.51. The summed E-state index contributed by atoms with van der Waals surface area (Å²) in [7, 11) is 0. The highest BCUT2D eigenvalue weighted by Crippen LogP contribution is 2.80. The van der Waals surface area contributed by atoms with Crippen LogP contribution < -0.4 is 0 Å². The summed E-state index contributed by atoms with van der Waals surface area (Å²) in [6.45, 7) is 12.7. The van der Waals surface area contributed by atoms with Gasteiger partial charge in [0.25, 0.3) is 0 Å². The van der Waals surface area contributed by atoms with Crippen molar-refractivity contribution >= 4 is 0 Å². The molecule has 0 saturated heterocycles. The molecule has 20 heavy (non-hydrogen) atoms. The summed E-state index contributed by atoms with van der Waals surface area (Å²) >= 11 is 0. The molecule has 4 aliphatic rings. The van der Waals surface area contributed by atoms with Gasteiger partial charge in [0, 0.05) is 0 Å². The lowest BCUT2D eigenvalue weighted by Gasteiger charge is -2.53. The van der Waals surface area contributed by atoms with Gasteiger partial charge in [-0.1, -0.05) is 39.3 Å². The molecule has 3 saturated carbocycles. The minimum Gasteiger partial charge on any atom is -0.0850 e. The first-order valence-corrected chi connectivity index (χ1v) is 9.09. The van der Waals surface area contributed by atoms with Crippen molar-refractivity contribution in [3.8, 4) is 0 Å². The van der Waals surface area contributed by atoms with Gasteiger partial charge in [0.2, 0.25) is 0 Å². The van der Waals surface area contributed by atoms with Gasteiger partial charge in [-0.15, -0.1) is 0 Å². The lowest BCUT2D eigenvalue weighted by molar-refractivity contribution is -0.0475. The van der Waals surface area contributed by atoms with Crippen molar-refractivity contribution < 1.29 is 0 Å². The predicted molar refractivity (Wildman–Crippen MR) is 85.3 cm³/mol. The fraction of sp³-hybridized carbons (Fsp3) is 0.900. The topological polar surface area (TPSA) is 0 Å². The number of hydrogen-bond donors (Lipinski definition) is 0. The fourth-order valence-corrected chi connectivity index (χ4v) is 7.92. The van der Waals surface area contributed by atoms with Crippen molar-refractivity contribution in [1.29, 1.82) is 0 Å². The first-order chi connectivity index (χ1) is 9.43. The Balaban J connectivity index is 1.89. The summed E-state index contributed by atoms with van der Waals surface area (Å²) in [5.41, 5.74) is 3.10. The van der Waals surface area contributed by atoms with Crippen LogP contribution in [0.1, 0.15) is 66.7 Å². The lowest BCUT2D eigenvalue weighted by Crippen LogP contribution is -2.47. The lowest BCUT2D eigenvalue weighted by atomic mass is 9.51. The second-order valence-corrected chi connectivity index (χ2v) is 9.25. The smallest absolute Gasteiger partial charge is 0.00871 e. The second-order valence-electron chi connectivity index (χ2n) is 9.25. The standard InChI is InChI=1S/C20H32/c1-12(2)15-8-7-14(4)20-11-10-19(5)16(17(15)20)9-6-13(3)18(19)20/h6,12,14-18H,7-11H2,1-5H3/t14-,15+,16+,17-,18?,19-,20-/m0/s1. The predicted octanol–water partition coefficient (Wildman–Crippen LogP) is 5.69. The molecular formula is C20H32. The average molecular weight is 272 g/mol. The van der Waals surface area contributed by atoms with Gasteiger partial charge < -0.3 is 0 Å². The maximum atomic E-state index is 2.66. The van der Waals surface area contributed by atoms with Crippen LogP contribution in [0.3, 0.4) is 0 Å². The SMILES string of the molecule is CC1=CC[C@@H]2[C@@H]3[C@@H](C(C)C)CC[C@H](C)[C@@]34CC[C@]2(C)C14.